The molecular formula is C7H11BrN2S. The zero-order chi connectivity index (χ0) is 8.43. The van der Waals surface area contributed by atoms with E-state index in [0.717, 1.165) is 28.0 Å². The minimum Gasteiger partial charge on any atom is -0.270 e. The van der Waals surface area contributed by atoms with Crippen LogP contribution in [0.25, 0.3) is 0 Å². The molecule has 0 aliphatic rings. The van der Waals surface area contributed by atoms with Gasteiger partial charge in [-0.3, -0.25) is 4.68 Å². The van der Waals surface area contributed by atoms with Gasteiger partial charge in [-0.25, -0.2) is 0 Å². The van der Waals surface area contributed by atoms with Gasteiger partial charge in [0.15, 0.2) is 0 Å². The Bertz CT molecular complexity index is 257. The summed E-state index contributed by atoms with van der Waals surface area (Å²) >= 11 is 7.70. The molecule has 0 saturated heterocycles. The fourth-order valence-electron chi connectivity index (χ4n) is 0.992. The first-order chi connectivity index (χ1) is 5.20. The van der Waals surface area contributed by atoms with Crippen LogP contribution in [0.1, 0.15) is 18.3 Å². The molecule has 0 fully saturated rings. The topological polar surface area (TPSA) is 17.8 Å². The van der Waals surface area contributed by atoms with Crippen LogP contribution in [0.2, 0.25) is 0 Å². The minimum absolute atomic E-state index is 0.726. The van der Waals surface area contributed by atoms with Crippen molar-refractivity contribution in [2.75, 3.05) is 0 Å². The highest BCUT2D eigenvalue weighted by Gasteiger charge is 2.09. The van der Waals surface area contributed by atoms with Crippen molar-refractivity contribution in [3.05, 3.63) is 15.9 Å². The lowest BCUT2D eigenvalue weighted by atomic mass is 10.3. The molecule has 62 valence electrons. The number of rotatable bonds is 2. The largest absolute Gasteiger partial charge is 0.270 e. The van der Waals surface area contributed by atoms with Crippen LogP contribution in [0, 0.1) is 0 Å². The van der Waals surface area contributed by atoms with Crippen molar-refractivity contribution in [2.24, 2.45) is 7.05 Å². The summed E-state index contributed by atoms with van der Waals surface area (Å²) in [6.45, 7) is 2.09. The van der Waals surface area contributed by atoms with Crippen LogP contribution in [-0.2, 0) is 19.2 Å². The molecule has 4 heteroatoms. The molecule has 0 N–H and O–H groups in total. The summed E-state index contributed by atoms with van der Waals surface area (Å²) in [5.41, 5.74) is 2.25. The Morgan fingerprint density at radius 1 is 1.64 bits per heavy atom. The van der Waals surface area contributed by atoms with Crippen molar-refractivity contribution in [1.82, 2.24) is 9.78 Å². The quantitative estimate of drug-likeness (QED) is 0.778. The van der Waals surface area contributed by atoms with E-state index in [1.165, 1.54) is 0 Å². The van der Waals surface area contributed by atoms with E-state index in [0.29, 0.717) is 0 Å². The number of halogens is 1. The second kappa shape index (κ2) is 3.63. The van der Waals surface area contributed by atoms with Gasteiger partial charge in [0.25, 0.3) is 0 Å². The molecule has 2 nitrogen and oxygen atoms in total. The third kappa shape index (κ3) is 1.62. The smallest absolute Gasteiger partial charge is 0.0767 e. The van der Waals surface area contributed by atoms with Gasteiger partial charge in [-0.15, -0.1) is 0 Å². The number of aryl methyl sites for hydroxylation is 2. The average Bonchev–Trinajstić information content (AvgIpc) is 2.26. The Hall–Kier alpha value is 0.0400. The second-order valence-electron chi connectivity index (χ2n) is 2.34. The van der Waals surface area contributed by atoms with Crippen molar-refractivity contribution in [3.8, 4) is 0 Å². The third-order valence-electron chi connectivity index (χ3n) is 1.65. The summed E-state index contributed by atoms with van der Waals surface area (Å²) in [6, 6.07) is 0. The van der Waals surface area contributed by atoms with Crippen LogP contribution >= 0.6 is 28.6 Å². The van der Waals surface area contributed by atoms with Crippen molar-refractivity contribution < 1.29 is 0 Å². The number of aromatic nitrogens is 2. The Kier molecular flexibility index (Phi) is 3.01. The maximum absolute atomic E-state index is 4.32. The van der Waals surface area contributed by atoms with Crippen molar-refractivity contribution in [1.29, 1.82) is 0 Å². The van der Waals surface area contributed by atoms with Gasteiger partial charge in [0.05, 0.1) is 15.9 Å². The second-order valence-corrected chi connectivity index (χ2v) is 3.45. The predicted molar refractivity (Wildman–Crippen MR) is 53.0 cm³/mol. The highest BCUT2D eigenvalue weighted by atomic mass is 79.9. The van der Waals surface area contributed by atoms with Gasteiger partial charge in [0.1, 0.15) is 0 Å². The lowest BCUT2D eigenvalue weighted by molar-refractivity contribution is 0.720. The molecule has 0 aromatic carbocycles. The average molecular weight is 235 g/mol. The predicted octanol–water partition coefficient (Wildman–Crippen LogP) is 2.17. The van der Waals surface area contributed by atoms with E-state index in [1.54, 1.807) is 0 Å². The van der Waals surface area contributed by atoms with E-state index in [9.17, 15) is 0 Å². The van der Waals surface area contributed by atoms with Crippen LogP contribution in [0.3, 0.4) is 0 Å². The number of hydrogen-bond donors (Lipinski definition) is 1. The van der Waals surface area contributed by atoms with Crippen molar-refractivity contribution >= 4 is 28.6 Å². The highest BCUT2D eigenvalue weighted by molar-refractivity contribution is 9.10. The first-order valence-electron chi connectivity index (χ1n) is 3.51. The molecule has 0 radical (unpaired) electrons. The molecule has 0 amide bonds. The van der Waals surface area contributed by atoms with Gasteiger partial charge >= 0.3 is 0 Å². The third-order valence-corrected chi connectivity index (χ3v) is 2.87. The van der Waals surface area contributed by atoms with Crippen LogP contribution in [-0.4, -0.2) is 9.78 Å². The minimum atomic E-state index is 0.726. The molecule has 11 heavy (non-hydrogen) atoms. The maximum Gasteiger partial charge on any atom is 0.0767 e. The Labute approximate surface area is 80.5 Å². The lowest BCUT2D eigenvalue weighted by Crippen LogP contribution is -1.95. The fourth-order valence-corrected chi connectivity index (χ4v) is 2.33. The van der Waals surface area contributed by atoms with E-state index < -0.39 is 0 Å². The lowest BCUT2D eigenvalue weighted by Gasteiger charge is -1.95. The highest BCUT2D eigenvalue weighted by Crippen LogP contribution is 2.22. The number of nitrogens with zero attached hydrogens (tertiary/aromatic N) is 2. The molecule has 0 saturated carbocycles. The van der Waals surface area contributed by atoms with E-state index in [-0.39, 0.29) is 0 Å². The molecule has 1 aromatic rings. The Balaban J connectivity index is 3.14. The molecular weight excluding hydrogens is 224 g/mol. The summed E-state index contributed by atoms with van der Waals surface area (Å²) in [4.78, 5) is 0. The van der Waals surface area contributed by atoms with Gasteiger partial charge in [-0.05, 0) is 22.4 Å². The van der Waals surface area contributed by atoms with E-state index in [4.69, 9.17) is 0 Å². The van der Waals surface area contributed by atoms with Gasteiger partial charge in [0, 0.05) is 12.8 Å². The number of hydrogen-bond acceptors (Lipinski definition) is 2. The Morgan fingerprint density at radius 2 is 2.27 bits per heavy atom. The fraction of sp³-hybridized carbons (Fsp3) is 0.571. The molecule has 1 aromatic heterocycles. The van der Waals surface area contributed by atoms with Gasteiger partial charge < -0.3 is 0 Å². The van der Waals surface area contributed by atoms with Crippen LogP contribution < -0.4 is 0 Å². The normalized spacial score (nSPS) is 10.5. The number of thiol groups is 1. The SMILES string of the molecule is CCc1nn(C)c(CS)c1Br. The molecule has 0 unspecified atom stereocenters. The van der Waals surface area contributed by atoms with Crippen LogP contribution in [0.15, 0.2) is 4.47 Å². The van der Waals surface area contributed by atoms with Crippen molar-refractivity contribution in [3.63, 3.8) is 0 Å². The van der Waals surface area contributed by atoms with E-state index >= 15 is 0 Å². The van der Waals surface area contributed by atoms with Gasteiger partial charge in [-0.2, -0.15) is 17.7 Å². The van der Waals surface area contributed by atoms with E-state index in [2.05, 4.69) is 40.6 Å². The first-order valence-corrected chi connectivity index (χ1v) is 4.94. The van der Waals surface area contributed by atoms with Gasteiger partial charge in [0.2, 0.25) is 0 Å². The maximum atomic E-state index is 4.32. The molecule has 0 aliphatic heterocycles. The molecule has 0 atom stereocenters. The summed E-state index contributed by atoms with van der Waals surface area (Å²) in [5.74, 6) is 0.726. The molecule has 0 spiro atoms. The van der Waals surface area contributed by atoms with Crippen LogP contribution in [0.4, 0.5) is 0 Å². The van der Waals surface area contributed by atoms with Crippen LogP contribution in [0.5, 0.6) is 0 Å². The zero-order valence-electron chi connectivity index (χ0n) is 6.63. The molecule has 1 rings (SSSR count). The Morgan fingerprint density at radius 3 is 2.55 bits per heavy atom. The summed E-state index contributed by atoms with van der Waals surface area (Å²) in [7, 11) is 1.94. The van der Waals surface area contributed by atoms with Gasteiger partial charge in [-0.1, -0.05) is 6.92 Å². The summed E-state index contributed by atoms with van der Waals surface area (Å²) in [5, 5.41) is 4.32. The molecule has 0 bridgehead atoms. The zero-order valence-corrected chi connectivity index (χ0v) is 9.11. The van der Waals surface area contributed by atoms with E-state index in [1.807, 2.05) is 11.7 Å². The summed E-state index contributed by atoms with van der Waals surface area (Å²) < 4.78 is 2.98. The standard InChI is InChI=1S/C7H11BrN2S/c1-3-5-7(8)6(4-11)10(2)9-5/h11H,3-4H2,1-2H3. The monoisotopic (exact) mass is 234 g/mol. The summed E-state index contributed by atoms with van der Waals surface area (Å²) in [6.07, 6.45) is 0.961. The first kappa shape index (κ1) is 9.13. The molecule has 0 aliphatic carbocycles. The molecule has 1 heterocycles. The van der Waals surface area contributed by atoms with Crippen molar-refractivity contribution in [2.45, 2.75) is 19.1 Å².